The Labute approximate surface area is 502 Å². The van der Waals surface area contributed by atoms with E-state index in [0.29, 0.717) is 4.90 Å². The highest BCUT2D eigenvalue weighted by atomic mass is 32.2. The van der Waals surface area contributed by atoms with Crippen molar-refractivity contribution < 1.29 is 147 Å². The van der Waals surface area contributed by atoms with Gasteiger partial charge in [0.15, 0.2) is 56.2 Å². The molecule has 0 amide bonds. The third-order valence-electron chi connectivity index (χ3n) is 12.1. The Morgan fingerprint density at radius 3 is 1.06 bits per heavy atom. The minimum atomic E-state index is -6.90. The molecule has 0 heterocycles. The van der Waals surface area contributed by atoms with E-state index in [1.165, 1.54) is 60.7 Å². The van der Waals surface area contributed by atoms with E-state index in [4.69, 9.17) is 18.9 Å². The molecule has 0 aliphatic heterocycles. The smallest absolute Gasteiger partial charge is 0.432 e. The number of alkyl halides is 19. The second-order valence-electron chi connectivity index (χ2n) is 18.3. The van der Waals surface area contributed by atoms with Gasteiger partial charge in [0.05, 0.1) is 28.4 Å². The molecule has 6 aromatic carbocycles. The molecule has 6 aromatic rings. The predicted molar refractivity (Wildman–Crippen MR) is 273 cm³/mol. The van der Waals surface area contributed by atoms with Crippen molar-refractivity contribution >= 4 is 42.0 Å². The van der Waals surface area contributed by atoms with Crippen LogP contribution in [0.1, 0.15) is 5.56 Å². The second kappa shape index (κ2) is 27.8. The van der Waals surface area contributed by atoms with Crippen LogP contribution in [0.25, 0.3) is 0 Å². The molecule has 0 aromatic heterocycles. The fourth-order valence-corrected chi connectivity index (χ4v) is 12.2. The molecule has 0 aliphatic rings. The van der Waals surface area contributed by atoms with Gasteiger partial charge in [-0.25, -0.2) is 16.8 Å². The zero-order valence-electron chi connectivity index (χ0n) is 44.8. The van der Waals surface area contributed by atoms with Gasteiger partial charge in [-0.05, 0) is 127 Å². The summed E-state index contributed by atoms with van der Waals surface area (Å²) in [5.41, 5.74) is -9.88. The van der Waals surface area contributed by atoms with Crippen molar-refractivity contribution in [3.63, 3.8) is 0 Å². The zero-order chi connectivity index (χ0) is 67.2. The van der Waals surface area contributed by atoms with Gasteiger partial charge < -0.3 is 47.0 Å². The summed E-state index contributed by atoms with van der Waals surface area (Å²) in [5.74, 6) is -2.52. The van der Waals surface area contributed by atoms with Crippen molar-refractivity contribution in [2.24, 2.45) is 0 Å². The number of halogens is 19. The van der Waals surface area contributed by atoms with Gasteiger partial charge in [0.2, 0.25) is 0 Å². The van der Waals surface area contributed by atoms with Crippen molar-refractivity contribution in [2.75, 3.05) is 40.5 Å². The summed E-state index contributed by atoms with van der Waals surface area (Å²) in [5, 5.41) is -10.8. The van der Waals surface area contributed by atoms with Crippen LogP contribution < -0.4 is 18.9 Å². The van der Waals surface area contributed by atoms with Crippen molar-refractivity contribution in [1.82, 2.24) is 0 Å². The molecule has 37 heteroatoms. The molecule has 3 atom stereocenters. The Morgan fingerprint density at radius 1 is 0.411 bits per heavy atom. The Morgan fingerprint density at radius 2 is 0.733 bits per heavy atom. The Hall–Kier alpha value is -6.45. The highest BCUT2D eigenvalue weighted by molar-refractivity contribution is 7.97. The van der Waals surface area contributed by atoms with Gasteiger partial charge in [-0.2, -0.15) is 83.4 Å². The summed E-state index contributed by atoms with van der Waals surface area (Å²) in [7, 11) is -15.1. The van der Waals surface area contributed by atoms with Gasteiger partial charge in [-0.3, -0.25) is 0 Å². The number of hydrogen-bond donors (Lipinski definition) is 0. The van der Waals surface area contributed by atoms with Crippen LogP contribution in [0.2, 0.25) is 0 Å². The lowest BCUT2D eigenvalue weighted by atomic mass is 10.0. The maximum atomic E-state index is 14.6. The van der Waals surface area contributed by atoms with E-state index in [-0.39, 0.29) is 30.0 Å². The lowest BCUT2D eigenvalue weighted by molar-refractivity contribution is -0.398. The number of rotatable bonds is 28. The van der Waals surface area contributed by atoms with Gasteiger partial charge in [0.1, 0.15) is 49.8 Å². The fraction of sp³-hybridized carbons (Fsp3) is 0.321. The number of methoxy groups -OCH3 is 1. The molecule has 0 saturated carbocycles. The van der Waals surface area contributed by atoms with Crippen LogP contribution in [0.4, 0.5) is 83.4 Å². The molecular formula is C53H41F19O14S4. The lowest BCUT2D eigenvalue weighted by Crippen LogP contribution is -2.62. The zero-order valence-corrected chi connectivity index (χ0v) is 48.0. The van der Waals surface area contributed by atoms with Crippen molar-refractivity contribution in [3.8, 4) is 23.0 Å². The normalized spacial score (nSPS) is 14.6. The largest absolute Gasteiger partial charge is 0.743 e. The molecule has 494 valence electrons. The van der Waals surface area contributed by atoms with Crippen molar-refractivity contribution in [3.05, 3.63) is 157 Å². The fourth-order valence-electron chi connectivity index (χ4n) is 7.49. The molecule has 0 fully saturated rings. The molecule has 0 bridgehead atoms. The third-order valence-corrected chi connectivity index (χ3v) is 18.3. The van der Waals surface area contributed by atoms with Gasteiger partial charge in [-0.15, -0.1) is 0 Å². The first-order valence-corrected chi connectivity index (χ1v) is 29.7. The van der Waals surface area contributed by atoms with Crippen LogP contribution in [-0.4, -0.2) is 125 Å². The summed E-state index contributed by atoms with van der Waals surface area (Å²) >= 11 is 0. The van der Waals surface area contributed by atoms with E-state index in [1.54, 1.807) is 30.3 Å². The second-order valence-corrected chi connectivity index (χ2v) is 25.3. The predicted octanol–water partition coefficient (Wildman–Crippen LogP) is 13.1. The van der Waals surface area contributed by atoms with E-state index in [9.17, 15) is 109 Å². The number of hydrogen-bond acceptors (Lipinski definition) is 14. The highest BCUT2D eigenvalue weighted by Gasteiger charge is 2.74. The average Bonchev–Trinajstić information content (AvgIpc) is 0.852. The molecule has 90 heavy (non-hydrogen) atoms. The first-order chi connectivity index (χ1) is 41.5. The van der Waals surface area contributed by atoms with E-state index in [1.807, 2.05) is 0 Å². The van der Waals surface area contributed by atoms with Crippen molar-refractivity contribution in [1.29, 1.82) is 0 Å². The molecule has 0 saturated heterocycles. The molecule has 0 aliphatic carbocycles. The monoisotopic (exact) mass is 1390 g/mol. The SMILES string of the molecule is COCOC(COc1ccc([S+](c2ccc(COCOC(COc3ccc([S+](c4ccccc4)c4ccc(OC(C(F)(F)F)C(F)(F)S(=O)(=O)[O-])cc4)cc3)(C(F)(F)F)C(F)(F)F)cc2)c2ccc(OCC(F)(F)S(=O)(=O)[O-])cc2)cc1)(C(F)(F)F)C(F)(F)F. The standard InChI is InChI=1S/C53H41F19O14S4/c1-79-31-84-45(50(61,62)63,51(64,65)66)28-81-34-11-21-41(22-12-34)88(42-23-13-36(14-24-42)83-30-47(54,55)89(73,74)75)39-17-7-33(8-18-39)27-80-32-85-46(52(67,68)69,53(70,71)72)29-82-35-9-19-40(20-10-35)87(38-5-3-2-4-6-38)43-25-15-37(16-26-43)86-44(48(56,57)58)49(59,60)90(76,77)78/h2-26,44H,27-32H2,1H3. The minimum absolute atomic E-state index is 0.0640. The van der Waals surface area contributed by atoms with Crippen LogP contribution in [0, 0.1) is 0 Å². The lowest BCUT2D eigenvalue weighted by Gasteiger charge is -2.36. The molecular weight excluding hydrogens is 1350 g/mol. The molecule has 3 unspecified atom stereocenters. The molecule has 0 N–H and O–H groups in total. The van der Waals surface area contributed by atoms with Gasteiger partial charge in [-0.1, -0.05) is 30.3 Å². The number of benzene rings is 6. The quantitative estimate of drug-likeness (QED) is 0.0148. The molecule has 0 radical (unpaired) electrons. The maximum Gasteiger partial charge on any atom is 0.432 e. The van der Waals surface area contributed by atoms with Crippen LogP contribution in [0.15, 0.2) is 181 Å². The summed E-state index contributed by atoms with van der Waals surface area (Å²) < 4.78 is 371. The highest BCUT2D eigenvalue weighted by Crippen LogP contribution is 2.49. The maximum absolute atomic E-state index is 14.6. The van der Waals surface area contributed by atoms with E-state index < -0.39 is 164 Å². The van der Waals surface area contributed by atoms with Crippen molar-refractivity contribution in [2.45, 2.75) is 94.7 Å². The number of ether oxygens (including phenoxy) is 8. The summed E-state index contributed by atoms with van der Waals surface area (Å²) in [6.45, 7) is -10.2. The summed E-state index contributed by atoms with van der Waals surface area (Å²) in [4.78, 5) is 1.59. The van der Waals surface area contributed by atoms with Gasteiger partial charge in [0.25, 0.3) is 17.3 Å². The molecule has 6 rings (SSSR count). The summed E-state index contributed by atoms with van der Waals surface area (Å²) in [6.07, 6.45) is -35.2. The first kappa shape index (κ1) is 72.6. The van der Waals surface area contributed by atoms with E-state index in [2.05, 4.69) is 18.9 Å². The minimum Gasteiger partial charge on any atom is -0.743 e. The van der Waals surface area contributed by atoms with Gasteiger partial charge >= 0.3 is 41.4 Å². The Bertz CT molecular complexity index is 3500. The first-order valence-electron chi connectivity index (χ1n) is 24.4. The Kier molecular flexibility index (Phi) is 22.4. The van der Waals surface area contributed by atoms with E-state index >= 15 is 0 Å². The molecule has 14 nitrogen and oxygen atoms in total. The van der Waals surface area contributed by atoms with Crippen LogP contribution in [0.5, 0.6) is 23.0 Å². The third kappa shape index (κ3) is 17.0. The van der Waals surface area contributed by atoms with Crippen LogP contribution in [-0.2, 0) is 67.6 Å². The van der Waals surface area contributed by atoms with Crippen LogP contribution >= 0.6 is 0 Å². The summed E-state index contributed by atoms with van der Waals surface area (Å²) in [6, 6.07) is 29.7. The molecule has 0 spiro atoms. The topological polar surface area (TPSA) is 188 Å². The van der Waals surface area contributed by atoms with Crippen LogP contribution in [0.3, 0.4) is 0 Å². The van der Waals surface area contributed by atoms with E-state index in [0.717, 1.165) is 67.8 Å². The van der Waals surface area contributed by atoms with Gasteiger partial charge in [0, 0.05) is 7.11 Å². The Balaban J connectivity index is 1.19. The average molecular weight is 1390 g/mol.